The fourth-order valence-electron chi connectivity index (χ4n) is 1.11. The fourth-order valence-corrected chi connectivity index (χ4v) is 4.88. The van der Waals surface area contributed by atoms with E-state index in [1.807, 2.05) is 0 Å². The highest BCUT2D eigenvalue weighted by atomic mass is 33.1. The quantitative estimate of drug-likeness (QED) is 0.242. The molecule has 2 fully saturated rings. The summed E-state index contributed by atoms with van der Waals surface area (Å²) in [7, 11) is 2.78. The molecule has 0 bridgehead atoms. The molecule has 2 aliphatic rings. The largest absolute Gasteiger partial charge is 0.330 e. The zero-order chi connectivity index (χ0) is 11.2. The van der Waals surface area contributed by atoms with Gasteiger partial charge in [-0.15, -0.1) is 12.3 Å². The van der Waals surface area contributed by atoms with Crippen molar-refractivity contribution in [2.45, 2.75) is 0 Å². The molecule has 0 aromatic heterocycles. The van der Waals surface area contributed by atoms with Crippen LogP contribution in [0, 0.1) is 29.4 Å². The highest BCUT2D eigenvalue weighted by molar-refractivity contribution is 8.74. The first-order valence-electron chi connectivity index (χ1n) is 4.84. The first-order chi connectivity index (χ1) is 7.88. The second kappa shape index (κ2) is 6.97. The van der Waals surface area contributed by atoms with Crippen molar-refractivity contribution in [2.24, 2.45) is 11.8 Å². The minimum absolute atomic E-state index is 0.258. The van der Waals surface area contributed by atoms with Crippen LogP contribution in [0.25, 0.3) is 0 Å². The Morgan fingerprint density at radius 2 is 2.25 bits per heavy atom. The van der Waals surface area contributed by atoms with Gasteiger partial charge < -0.3 is 8.92 Å². The number of terminal acetylenes is 1. The van der Waals surface area contributed by atoms with E-state index in [0.717, 1.165) is 33.3 Å². The molecule has 0 aliphatic carbocycles. The van der Waals surface area contributed by atoms with E-state index in [4.69, 9.17) is 15.3 Å². The van der Waals surface area contributed by atoms with E-state index in [9.17, 15) is 0 Å². The summed E-state index contributed by atoms with van der Waals surface area (Å²) >= 11 is 3.18. The van der Waals surface area contributed by atoms with Crippen molar-refractivity contribution in [1.82, 2.24) is 0 Å². The Morgan fingerprint density at radius 3 is 2.88 bits per heavy atom. The lowest BCUT2D eigenvalue weighted by atomic mass is 10.2. The van der Waals surface area contributed by atoms with E-state index in [1.54, 1.807) is 22.6 Å². The van der Waals surface area contributed by atoms with E-state index >= 15 is 0 Å². The van der Waals surface area contributed by atoms with Gasteiger partial charge >= 0.3 is 0 Å². The van der Waals surface area contributed by atoms with Crippen molar-refractivity contribution >= 4 is 48.8 Å². The van der Waals surface area contributed by atoms with Crippen molar-refractivity contribution in [3.8, 4) is 17.5 Å². The van der Waals surface area contributed by atoms with Crippen LogP contribution >= 0.6 is 44.4 Å². The Morgan fingerprint density at radius 1 is 1.31 bits per heavy atom. The molecule has 2 unspecified atom stereocenters. The lowest BCUT2D eigenvalue weighted by molar-refractivity contribution is 0.287. The molecule has 16 heavy (non-hydrogen) atoms. The topological polar surface area (TPSA) is 18.5 Å². The zero-order valence-electron chi connectivity index (χ0n) is 8.55. The molecule has 0 N–H and O–H groups in total. The zero-order valence-corrected chi connectivity index (χ0v) is 11.9. The number of ether oxygens (including phenoxy) is 1. The Bertz CT molecular complexity index is 379. The molecular formula is C10H12O2S4. The number of thioether (sulfide) groups is 1. The second-order valence-electron chi connectivity index (χ2n) is 3.33. The maximum atomic E-state index is 5.58. The molecule has 2 aliphatic heterocycles. The van der Waals surface area contributed by atoms with Crippen LogP contribution in [0.5, 0.6) is 0 Å². The Balaban J connectivity index is 1.92. The maximum Gasteiger partial charge on any atom is 0.155 e. The molecule has 2 heterocycles. The van der Waals surface area contributed by atoms with Crippen molar-refractivity contribution in [3.63, 3.8) is 0 Å². The second-order valence-corrected chi connectivity index (χ2v) is 7.57. The highest BCUT2D eigenvalue weighted by Gasteiger charge is 2.15. The molecule has 0 amide bonds. The van der Waals surface area contributed by atoms with E-state index in [2.05, 4.69) is 11.1 Å². The van der Waals surface area contributed by atoms with Crippen LogP contribution in [-0.2, 0) is 8.92 Å². The number of rotatable bonds is 0. The van der Waals surface area contributed by atoms with Gasteiger partial charge in [0.2, 0.25) is 0 Å². The molecule has 0 spiro atoms. The molecule has 0 aromatic rings. The van der Waals surface area contributed by atoms with Gasteiger partial charge in [0.05, 0.1) is 36.1 Å². The monoisotopic (exact) mass is 292 g/mol. The normalized spacial score (nSPS) is 30.3. The minimum Gasteiger partial charge on any atom is -0.330 e. The van der Waals surface area contributed by atoms with E-state index in [-0.39, 0.29) is 5.92 Å². The van der Waals surface area contributed by atoms with Crippen LogP contribution in [0.2, 0.25) is 0 Å². The van der Waals surface area contributed by atoms with Crippen LogP contribution in [0.3, 0.4) is 0 Å². The predicted octanol–water partition coefficient (Wildman–Crippen LogP) is 2.45. The van der Waals surface area contributed by atoms with Crippen molar-refractivity contribution in [3.05, 3.63) is 0 Å². The molecule has 2 atom stereocenters. The maximum absolute atomic E-state index is 5.58. The lowest BCUT2D eigenvalue weighted by Gasteiger charge is -2.17. The van der Waals surface area contributed by atoms with Gasteiger partial charge in [0, 0.05) is 11.5 Å². The molecule has 2 rings (SSSR count). The smallest absolute Gasteiger partial charge is 0.155 e. The summed E-state index contributed by atoms with van der Waals surface area (Å²) in [6.07, 6.45) is 5.35. The lowest BCUT2D eigenvalue weighted by Crippen LogP contribution is -2.19. The van der Waals surface area contributed by atoms with Gasteiger partial charge in [-0.05, 0) is 0 Å². The average Bonchev–Trinajstić information content (AvgIpc) is 2.38. The summed E-state index contributed by atoms with van der Waals surface area (Å²) in [5.74, 6) is 5.43. The predicted molar refractivity (Wildman–Crippen MR) is 78.1 cm³/mol. The summed E-state index contributed by atoms with van der Waals surface area (Å²) in [6, 6.07) is 0. The Hall–Kier alpha value is 0.400. The molecule has 0 aromatic carbocycles. The minimum atomic E-state index is 0.258. The summed E-state index contributed by atoms with van der Waals surface area (Å²) in [4.78, 5) is 0. The van der Waals surface area contributed by atoms with Crippen LogP contribution in [0.15, 0.2) is 0 Å². The highest BCUT2D eigenvalue weighted by Crippen LogP contribution is 2.31. The van der Waals surface area contributed by atoms with Gasteiger partial charge in [-0.3, -0.25) is 0 Å². The van der Waals surface area contributed by atoms with E-state index < -0.39 is 0 Å². The van der Waals surface area contributed by atoms with E-state index in [0.29, 0.717) is 12.5 Å². The molecule has 88 valence electrons. The van der Waals surface area contributed by atoms with Gasteiger partial charge in [-0.1, -0.05) is 27.7 Å². The summed E-state index contributed by atoms with van der Waals surface area (Å²) in [5, 5.41) is 3.40. The van der Waals surface area contributed by atoms with Crippen LogP contribution in [0.4, 0.5) is 0 Å². The van der Waals surface area contributed by atoms with Crippen LogP contribution < -0.4 is 0 Å². The summed E-state index contributed by atoms with van der Waals surface area (Å²) in [6.45, 7) is 1.41. The first-order valence-corrected chi connectivity index (χ1v) is 8.97. The summed E-state index contributed by atoms with van der Waals surface area (Å²) in [5.41, 5.74) is 0. The van der Waals surface area contributed by atoms with Gasteiger partial charge in [0.15, 0.2) is 4.38 Å². The van der Waals surface area contributed by atoms with Crippen LogP contribution in [0.1, 0.15) is 0 Å². The SMILES string of the molecule is C#CC1COC(=[SH]#CC2COSSC2)SC1. The fraction of sp³-hybridized carbons (Fsp3) is 0.600. The molecule has 0 saturated carbocycles. The molecule has 2 nitrogen and oxygen atoms in total. The van der Waals surface area contributed by atoms with E-state index in [1.165, 1.54) is 11.1 Å². The number of hydrogen-bond donors (Lipinski definition) is 1. The third kappa shape index (κ3) is 4.01. The van der Waals surface area contributed by atoms with Gasteiger partial charge in [0.25, 0.3) is 0 Å². The standard InChI is InChI=1S/C10H12O2S4/c1-2-8-3-11-10(13-5-8)14-6-9-4-12-16-15-7-9/h1,8-9,14H,3-5,7H2. The molecular weight excluding hydrogens is 280 g/mol. The third-order valence-electron chi connectivity index (χ3n) is 2.02. The van der Waals surface area contributed by atoms with Gasteiger partial charge in [0.1, 0.15) is 0 Å². The van der Waals surface area contributed by atoms with Gasteiger partial charge in [-0.25, -0.2) is 0 Å². The Labute approximate surface area is 111 Å². The van der Waals surface area contributed by atoms with Crippen molar-refractivity contribution < 1.29 is 8.92 Å². The van der Waals surface area contributed by atoms with Crippen molar-refractivity contribution in [2.75, 3.05) is 24.7 Å². The first kappa shape index (κ1) is 12.8. The number of thiol groups is 1. The molecule has 6 heteroatoms. The molecule has 0 radical (unpaired) electrons. The molecule has 2 saturated heterocycles. The van der Waals surface area contributed by atoms with Crippen molar-refractivity contribution in [1.29, 1.82) is 0 Å². The van der Waals surface area contributed by atoms with Gasteiger partial charge in [-0.2, -0.15) is 10.8 Å². The van der Waals surface area contributed by atoms with Crippen LogP contribution in [-0.4, -0.2) is 29.1 Å². The average molecular weight is 292 g/mol. The summed E-state index contributed by atoms with van der Waals surface area (Å²) < 4.78 is 11.9. The number of hydrogen-bond acceptors (Lipinski definition) is 5. The third-order valence-corrected chi connectivity index (χ3v) is 6.28. The Kier molecular flexibility index (Phi) is 5.60.